The number of rotatable bonds is 5. The van der Waals surface area contributed by atoms with Crippen LogP contribution in [0.1, 0.15) is 44.4 Å². The van der Waals surface area contributed by atoms with E-state index < -0.39 is 23.9 Å². The van der Waals surface area contributed by atoms with Crippen LogP contribution in [0.2, 0.25) is 0 Å². The predicted molar refractivity (Wildman–Crippen MR) is 85.5 cm³/mol. The zero-order valence-electron chi connectivity index (χ0n) is 13.8. The molecule has 2 rings (SSSR count). The van der Waals surface area contributed by atoms with Gasteiger partial charge in [0, 0.05) is 13.0 Å². The van der Waals surface area contributed by atoms with E-state index in [1.54, 1.807) is 26.8 Å². The Morgan fingerprint density at radius 2 is 2.13 bits per heavy atom. The van der Waals surface area contributed by atoms with Crippen molar-refractivity contribution in [1.29, 1.82) is 0 Å². The molecule has 0 saturated carbocycles. The van der Waals surface area contributed by atoms with Crippen molar-refractivity contribution >= 4 is 6.09 Å². The van der Waals surface area contributed by atoms with Crippen molar-refractivity contribution in [3.8, 4) is 5.75 Å². The van der Waals surface area contributed by atoms with Gasteiger partial charge in [0.15, 0.2) is 0 Å². The number of carbonyl (C=O) groups excluding carboxylic acids is 1. The number of benzene rings is 1. The van der Waals surface area contributed by atoms with Gasteiger partial charge in [-0.2, -0.15) is 0 Å². The van der Waals surface area contributed by atoms with Crippen molar-refractivity contribution in [3.63, 3.8) is 0 Å². The Balaban J connectivity index is 1.81. The highest BCUT2D eigenvalue weighted by atomic mass is 16.6. The Morgan fingerprint density at radius 1 is 1.39 bits per heavy atom. The fourth-order valence-corrected chi connectivity index (χ4v) is 2.41. The molecule has 0 saturated heterocycles. The summed E-state index contributed by atoms with van der Waals surface area (Å²) >= 11 is 0. The molecule has 0 spiro atoms. The van der Waals surface area contributed by atoms with Crippen LogP contribution in [0, 0.1) is 0 Å². The molecule has 1 heterocycles. The number of fused-ring (bicyclic) bond motifs is 1. The second-order valence-corrected chi connectivity index (χ2v) is 6.70. The largest absolute Gasteiger partial charge is 0.493 e. The van der Waals surface area contributed by atoms with Crippen LogP contribution < -0.4 is 10.1 Å². The minimum Gasteiger partial charge on any atom is -0.493 e. The van der Waals surface area contributed by atoms with Crippen LogP contribution in [0.4, 0.5) is 4.79 Å². The molecule has 0 aromatic heterocycles. The molecule has 0 fully saturated rings. The Morgan fingerprint density at radius 3 is 2.83 bits per heavy atom. The number of alkyl carbamates (subject to hydrolysis) is 1. The van der Waals surface area contributed by atoms with Gasteiger partial charge in [-0.3, -0.25) is 0 Å². The van der Waals surface area contributed by atoms with Crippen LogP contribution in [0.15, 0.2) is 18.2 Å². The first-order chi connectivity index (χ1) is 10.8. The molecule has 0 bridgehead atoms. The topological polar surface area (TPSA) is 88.0 Å². The summed E-state index contributed by atoms with van der Waals surface area (Å²) in [5, 5.41) is 22.9. The number of hydrogen-bond donors (Lipinski definition) is 3. The summed E-state index contributed by atoms with van der Waals surface area (Å²) in [5.74, 6) is 0.835. The highest BCUT2D eigenvalue weighted by molar-refractivity contribution is 5.67. The molecule has 128 valence electrons. The molecule has 2 unspecified atom stereocenters. The Kier molecular flexibility index (Phi) is 5.49. The minimum atomic E-state index is -0.999. The zero-order valence-corrected chi connectivity index (χ0v) is 13.8. The van der Waals surface area contributed by atoms with Gasteiger partial charge in [-0.15, -0.1) is 0 Å². The fourth-order valence-electron chi connectivity index (χ4n) is 2.41. The van der Waals surface area contributed by atoms with E-state index in [2.05, 4.69) is 5.32 Å². The third-order valence-corrected chi connectivity index (χ3v) is 3.53. The van der Waals surface area contributed by atoms with Crippen LogP contribution in [0.3, 0.4) is 0 Å². The second kappa shape index (κ2) is 7.19. The average molecular weight is 323 g/mol. The summed E-state index contributed by atoms with van der Waals surface area (Å²) in [6, 6.07) is 5.42. The number of amides is 1. The Hall–Kier alpha value is -1.79. The molecule has 1 amide bonds. The van der Waals surface area contributed by atoms with Crippen LogP contribution in [0.5, 0.6) is 5.75 Å². The first-order valence-corrected chi connectivity index (χ1v) is 7.85. The molecular formula is C17H25NO5. The standard InChI is InChI=1S/C17H25NO5/c1-17(2,3)23-16(21)18-8-6-13(19)15(20)12-4-5-14-11(10-12)7-9-22-14/h4-5,10,13,15,19-20H,6-9H2,1-3H3,(H,18,21). The number of aliphatic hydroxyl groups excluding tert-OH is 2. The zero-order chi connectivity index (χ0) is 17.0. The fraction of sp³-hybridized carbons (Fsp3) is 0.588. The molecule has 1 aromatic carbocycles. The van der Waals surface area contributed by atoms with E-state index in [9.17, 15) is 15.0 Å². The van der Waals surface area contributed by atoms with E-state index in [0.717, 1.165) is 17.7 Å². The van der Waals surface area contributed by atoms with Crippen molar-refractivity contribution in [3.05, 3.63) is 29.3 Å². The van der Waals surface area contributed by atoms with Gasteiger partial charge in [-0.05, 0) is 50.5 Å². The summed E-state index contributed by atoms with van der Waals surface area (Å²) in [4.78, 5) is 11.5. The van der Waals surface area contributed by atoms with Crippen LogP contribution in [0.25, 0.3) is 0 Å². The third-order valence-electron chi connectivity index (χ3n) is 3.53. The number of aliphatic hydroxyl groups is 2. The molecule has 0 radical (unpaired) electrons. The van der Waals surface area contributed by atoms with E-state index in [1.165, 1.54) is 0 Å². The summed E-state index contributed by atoms with van der Waals surface area (Å²) in [6.07, 6.45) is -1.46. The molecule has 6 heteroatoms. The number of nitrogens with one attached hydrogen (secondary N) is 1. The van der Waals surface area contributed by atoms with E-state index >= 15 is 0 Å². The lowest BCUT2D eigenvalue weighted by Crippen LogP contribution is -2.34. The first kappa shape index (κ1) is 17.6. The predicted octanol–water partition coefficient (Wildman–Crippen LogP) is 1.93. The highest BCUT2D eigenvalue weighted by Gasteiger charge is 2.22. The average Bonchev–Trinajstić information content (AvgIpc) is 2.91. The van der Waals surface area contributed by atoms with E-state index in [4.69, 9.17) is 9.47 Å². The highest BCUT2D eigenvalue weighted by Crippen LogP contribution is 2.29. The van der Waals surface area contributed by atoms with Crippen molar-refractivity contribution in [2.45, 2.75) is 51.4 Å². The van der Waals surface area contributed by atoms with Crippen molar-refractivity contribution in [2.75, 3.05) is 13.2 Å². The maximum absolute atomic E-state index is 11.5. The summed E-state index contributed by atoms with van der Waals surface area (Å²) in [6.45, 7) is 6.21. The first-order valence-electron chi connectivity index (χ1n) is 7.85. The van der Waals surface area contributed by atoms with Crippen molar-refractivity contribution < 1.29 is 24.5 Å². The summed E-state index contributed by atoms with van der Waals surface area (Å²) in [5.41, 5.74) is 1.13. The number of ether oxygens (including phenoxy) is 2. The van der Waals surface area contributed by atoms with Crippen LogP contribution >= 0.6 is 0 Å². The smallest absolute Gasteiger partial charge is 0.407 e. The maximum Gasteiger partial charge on any atom is 0.407 e. The lowest BCUT2D eigenvalue weighted by molar-refractivity contribution is 0.0123. The third kappa shape index (κ3) is 5.11. The molecule has 1 aliphatic rings. The number of carbonyl (C=O) groups is 1. The van der Waals surface area contributed by atoms with E-state index in [-0.39, 0.29) is 13.0 Å². The van der Waals surface area contributed by atoms with Crippen LogP contribution in [-0.4, -0.2) is 41.2 Å². The SMILES string of the molecule is CC(C)(C)OC(=O)NCCC(O)C(O)c1ccc2c(c1)CCO2. The van der Waals surface area contributed by atoms with Gasteiger partial charge in [0.1, 0.15) is 17.5 Å². The molecular weight excluding hydrogens is 298 g/mol. The van der Waals surface area contributed by atoms with E-state index in [0.29, 0.717) is 12.2 Å². The molecule has 23 heavy (non-hydrogen) atoms. The normalized spacial score (nSPS) is 16.2. The monoisotopic (exact) mass is 323 g/mol. The van der Waals surface area contributed by atoms with Gasteiger partial charge in [0.05, 0.1) is 12.7 Å². The molecule has 3 N–H and O–H groups in total. The molecule has 6 nitrogen and oxygen atoms in total. The van der Waals surface area contributed by atoms with Gasteiger partial charge in [-0.25, -0.2) is 4.79 Å². The van der Waals surface area contributed by atoms with Gasteiger partial charge >= 0.3 is 6.09 Å². The molecule has 2 atom stereocenters. The summed E-state index contributed by atoms with van der Waals surface area (Å²) < 4.78 is 10.5. The maximum atomic E-state index is 11.5. The molecule has 1 aliphatic heterocycles. The number of hydrogen-bond acceptors (Lipinski definition) is 5. The van der Waals surface area contributed by atoms with Crippen molar-refractivity contribution in [1.82, 2.24) is 5.32 Å². The van der Waals surface area contributed by atoms with Gasteiger partial charge in [0.25, 0.3) is 0 Å². The quantitative estimate of drug-likeness (QED) is 0.770. The molecule has 1 aromatic rings. The van der Waals surface area contributed by atoms with Gasteiger partial charge in [0.2, 0.25) is 0 Å². The second-order valence-electron chi connectivity index (χ2n) is 6.70. The van der Waals surface area contributed by atoms with Crippen LogP contribution in [-0.2, 0) is 11.2 Å². The lowest BCUT2D eigenvalue weighted by Gasteiger charge is -2.21. The summed E-state index contributed by atoms with van der Waals surface area (Å²) in [7, 11) is 0. The Bertz CT molecular complexity index is 552. The Labute approximate surface area is 136 Å². The van der Waals surface area contributed by atoms with Gasteiger partial charge in [-0.1, -0.05) is 6.07 Å². The molecule has 0 aliphatic carbocycles. The van der Waals surface area contributed by atoms with E-state index in [1.807, 2.05) is 12.1 Å². The lowest BCUT2D eigenvalue weighted by atomic mass is 9.99. The van der Waals surface area contributed by atoms with Gasteiger partial charge < -0.3 is 25.0 Å². The van der Waals surface area contributed by atoms with Crippen molar-refractivity contribution in [2.24, 2.45) is 0 Å². The minimum absolute atomic E-state index is 0.223.